The van der Waals surface area contributed by atoms with Gasteiger partial charge in [-0.25, -0.2) is 13.8 Å². The van der Waals surface area contributed by atoms with E-state index in [1.165, 1.54) is 18.3 Å². The van der Waals surface area contributed by atoms with Crippen LogP contribution < -0.4 is 0 Å². The molecule has 0 unspecified atom stereocenters. The lowest BCUT2D eigenvalue weighted by molar-refractivity contribution is 0.511. The predicted octanol–water partition coefficient (Wildman–Crippen LogP) is 2.95. The summed E-state index contributed by atoms with van der Waals surface area (Å²) in [7, 11) is 0. The molecule has 0 radical (unpaired) electrons. The van der Waals surface area contributed by atoms with Crippen LogP contribution in [0.25, 0.3) is 22.3 Å². The van der Waals surface area contributed by atoms with Crippen LogP contribution in [0.3, 0.4) is 0 Å². The number of fused-ring (bicyclic) bond motifs is 1. The first-order valence-electron chi connectivity index (χ1n) is 4.98. The third kappa shape index (κ3) is 1.62. The van der Waals surface area contributed by atoms with Crippen molar-refractivity contribution >= 4 is 22.6 Å². The number of rotatable bonds is 1. The molecular formula is C11H5ClF2N4. The van der Waals surface area contributed by atoms with Crippen LogP contribution in [0, 0.1) is 11.6 Å². The molecule has 3 rings (SSSR count). The lowest BCUT2D eigenvalue weighted by atomic mass is 10.1. The molecule has 0 aliphatic rings. The first kappa shape index (κ1) is 11.0. The first-order chi connectivity index (χ1) is 8.66. The van der Waals surface area contributed by atoms with Crippen LogP contribution in [0.1, 0.15) is 0 Å². The number of aromatic nitrogens is 4. The van der Waals surface area contributed by atoms with Gasteiger partial charge in [0.15, 0.2) is 17.3 Å². The van der Waals surface area contributed by atoms with Gasteiger partial charge in [-0.15, -0.1) is 0 Å². The highest BCUT2D eigenvalue weighted by Crippen LogP contribution is 2.29. The Morgan fingerprint density at radius 3 is 2.83 bits per heavy atom. The van der Waals surface area contributed by atoms with E-state index in [-0.39, 0.29) is 16.5 Å². The molecule has 0 amide bonds. The summed E-state index contributed by atoms with van der Waals surface area (Å²) in [6.07, 6.45) is 1.44. The van der Waals surface area contributed by atoms with Crippen molar-refractivity contribution < 1.29 is 8.78 Å². The summed E-state index contributed by atoms with van der Waals surface area (Å²) in [5, 5.41) is 6.79. The second kappa shape index (κ2) is 3.99. The van der Waals surface area contributed by atoms with Crippen LogP contribution in [-0.4, -0.2) is 20.2 Å². The summed E-state index contributed by atoms with van der Waals surface area (Å²) in [6, 6.07) is 3.85. The van der Waals surface area contributed by atoms with Gasteiger partial charge in [0.25, 0.3) is 0 Å². The Bertz CT molecular complexity index is 741. The van der Waals surface area contributed by atoms with Gasteiger partial charge in [-0.3, -0.25) is 5.10 Å². The number of nitrogens with zero attached hydrogens (tertiary/aromatic N) is 3. The van der Waals surface area contributed by atoms with E-state index in [1.54, 1.807) is 0 Å². The molecular weight excluding hydrogens is 262 g/mol. The van der Waals surface area contributed by atoms with E-state index < -0.39 is 11.6 Å². The fraction of sp³-hybridized carbons (Fsp3) is 0. The second-order valence-corrected chi connectivity index (χ2v) is 3.91. The molecule has 0 bridgehead atoms. The molecule has 0 atom stereocenters. The normalized spacial score (nSPS) is 11.1. The monoisotopic (exact) mass is 266 g/mol. The van der Waals surface area contributed by atoms with Gasteiger partial charge in [0.2, 0.25) is 5.28 Å². The maximum absolute atomic E-state index is 13.7. The SMILES string of the molecule is Fc1cccc(-c2nc(Cl)nc3[nH]ncc23)c1F. The number of nitrogens with one attached hydrogen (secondary N) is 1. The molecule has 1 aromatic carbocycles. The second-order valence-electron chi connectivity index (χ2n) is 3.57. The van der Waals surface area contributed by atoms with Gasteiger partial charge >= 0.3 is 0 Å². The van der Waals surface area contributed by atoms with Gasteiger partial charge < -0.3 is 0 Å². The van der Waals surface area contributed by atoms with Crippen molar-refractivity contribution in [2.24, 2.45) is 0 Å². The van der Waals surface area contributed by atoms with Gasteiger partial charge in [-0.1, -0.05) is 6.07 Å². The van der Waals surface area contributed by atoms with Crippen molar-refractivity contribution in [1.29, 1.82) is 0 Å². The average Bonchev–Trinajstić information content (AvgIpc) is 2.79. The third-order valence-corrected chi connectivity index (χ3v) is 2.66. The van der Waals surface area contributed by atoms with Crippen molar-refractivity contribution in [1.82, 2.24) is 20.2 Å². The summed E-state index contributed by atoms with van der Waals surface area (Å²) in [6.45, 7) is 0. The number of hydrogen-bond donors (Lipinski definition) is 1. The van der Waals surface area contributed by atoms with Crippen LogP contribution >= 0.6 is 11.6 Å². The number of H-pyrrole nitrogens is 1. The van der Waals surface area contributed by atoms with Crippen LogP contribution in [0.4, 0.5) is 8.78 Å². The Morgan fingerprint density at radius 2 is 2.00 bits per heavy atom. The Labute approximate surface area is 105 Å². The summed E-state index contributed by atoms with van der Waals surface area (Å²) >= 11 is 5.74. The zero-order chi connectivity index (χ0) is 12.7. The molecule has 18 heavy (non-hydrogen) atoms. The van der Waals surface area contributed by atoms with Crippen LogP contribution in [0.15, 0.2) is 24.4 Å². The third-order valence-electron chi connectivity index (χ3n) is 2.49. The van der Waals surface area contributed by atoms with Crippen LogP contribution in [-0.2, 0) is 0 Å². The van der Waals surface area contributed by atoms with Crippen LogP contribution in [0.5, 0.6) is 0 Å². The fourth-order valence-corrected chi connectivity index (χ4v) is 1.87. The molecule has 4 nitrogen and oxygen atoms in total. The topological polar surface area (TPSA) is 54.5 Å². The highest BCUT2D eigenvalue weighted by molar-refractivity contribution is 6.28. The standard InChI is InChI=1S/C11H5ClF2N4/c12-11-16-9(6-4-15-18-10(6)17-11)5-2-1-3-7(13)8(5)14/h1-4H,(H,15,16,17,18). The van der Waals surface area contributed by atoms with E-state index in [1.807, 2.05) is 0 Å². The molecule has 90 valence electrons. The van der Waals surface area contributed by atoms with Crippen molar-refractivity contribution in [3.63, 3.8) is 0 Å². The molecule has 0 saturated heterocycles. The zero-order valence-electron chi connectivity index (χ0n) is 8.78. The molecule has 0 fully saturated rings. The largest absolute Gasteiger partial charge is 0.261 e. The molecule has 2 aromatic heterocycles. The molecule has 0 saturated carbocycles. The van der Waals surface area contributed by atoms with E-state index in [0.29, 0.717) is 11.0 Å². The van der Waals surface area contributed by atoms with E-state index >= 15 is 0 Å². The van der Waals surface area contributed by atoms with E-state index in [0.717, 1.165) is 6.07 Å². The summed E-state index contributed by atoms with van der Waals surface area (Å²) in [4.78, 5) is 7.83. The lowest BCUT2D eigenvalue weighted by Gasteiger charge is -2.04. The molecule has 0 aliphatic heterocycles. The Balaban J connectivity index is 2.37. The number of aromatic amines is 1. The van der Waals surface area contributed by atoms with E-state index in [2.05, 4.69) is 20.2 Å². The van der Waals surface area contributed by atoms with Gasteiger partial charge in [-0.05, 0) is 23.7 Å². The highest BCUT2D eigenvalue weighted by atomic mass is 35.5. The number of hydrogen-bond acceptors (Lipinski definition) is 3. The minimum atomic E-state index is -0.977. The molecule has 7 heteroatoms. The Kier molecular flexibility index (Phi) is 2.45. The number of benzene rings is 1. The van der Waals surface area contributed by atoms with E-state index in [9.17, 15) is 8.78 Å². The molecule has 0 aliphatic carbocycles. The molecule has 1 N–H and O–H groups in total. The van der Waals surface area contributed by atoms with Gasteiger partial charge in [0.05, 0.1) is 17.3 Å². The van der Waals surface area contributed by atoms with Crippen LogP contribution in [0.2, 0.25) is 5.28 Å². The molecule has 2 heterocycles. The van der Waals surface area contributed by atoms with Crippen molar-refractivity contribution in [3.8, 4) is 11.3 Å². The predicted molar refractivity (Wildman–Crippen MR) is 62.0 cm³/mol. The maximum atomic E-state index is 13.7. The van der Waals surface area contributed by atoms with Crippen molar-refractivity contribution in [2.75, 3.05) is 0 Å². The summed E-state index contributed by atoms with van der Waals surface area (Å²) in [5.41, 5.74) is 0.593. The fourth-order valence-electron chi connectivity index (χ4n) is 1.70. The first-order valence-corrected chi connectivity index (χ1v) is 5.35. The Hall–Kier alpha value is -2.08. The van der Waals surface area contributed by atoms with E-state index in [4.69, 9.17) is 11.6 Å². The average molecular weight is 267 g/mol. The Morgan fingerprint density at radius 1 is 1.17 bits per heavy atom. The highest BCUT2D eigenvalue weighted by Gasteiger charge is 2.16. The quantitative estimate of drug-likeness (QED) is 0.689. The summed E-state index contributed by atoms with van der Waals surface area (Å²) in [5.74, 6) is -1.92. The zero-order valence-corrected chi connectivity index (χ0v) is 9.54. The summed E-state index contributed by atoms with van der Waals surface area (Å²) < 4.78 is 27.0. The minimum absolute atomic E-state index is 0.0192. The van der Waals surface area contributed by atoms with Crippen molar-refractivity contribution in [3.05, 3.63) is 41.3 Å². The lowest BCUT2D eigenvalue weighted by Crippen LogP contribution is -1.94. The van der Waals surface area contributed by atoms with Gasteiger partial charge in [0.1, 0.15) is 0 Å². The minimum Gasteiger partial charge on any atom is -0.261 e. The van der Waals surface area contributed by atoms with Gasteiger partial charge in [0, 0.05) is 5.56 Å². The maximum Gasteiger partial charge on any atom is 0.224 e. The molecule has 0 spiro atoms. The van der Waals surface area contributed by atoms with Gasteiger partial charge in [-0.2, -0.15) is 10.1 Å². The van der Waals surface area contributed by atoms with Crippen molar-refractivity contribution in [2.45, 2.75) is 0 Å². The number of halogens is 3. The molecule has 3 aromatic rings. The smallest absolute Gasteiger partial charge is 0.224 e.